The van der Waals surface area contributed by atoms with Crippen LogP contribution in [0.25, 0.3) is 0 Å². The van der Waals surface area contributed by atoms with Crippen molar-refractivity contribution >= 4 is 0 Å². The fourth-order valence-corrected chi connectivity index (χ4v) is 1.90. The summed E-state index contributed by atoms with van der Waals surface area (Å²) in [4.78, 5) is 7.22. The second-order valence-electron chi connectivity index (χ2n) is 3.99. The van der Waals surface area contributed by atoms with Crippen LogP contribution in [-0.4, -0.2) is 29.2 Å². The van der Waals surface area contributed by atoms with E-state index in [1.165, 1.54) is 19.3 Å². The first-order chi connectivity index (χ1) is 7.45. The lowest BCUT2D eigenvalue weighted by Gasteiger charge is -2.22. The lowest BCUT2D eigenvalue weighted by molar-refractivity contribution is 0.0115. The fourth-order valence-electron chi connectivity index (χ4n) is 1.90. The molecule has 15 heavy (non-hydrogen) atoms. The standard InChI is InChI=1S/C11H19N3O/c1-2-8-15-10(3-1)4-5-12-9-11-13-6-7-14-11/h6-7,10,12H,1-5,8-9H2,(H,13,14). The van der Waals surface area contributed by atoms with Gasteiger partial charge in [-0.2, -0.15) is 0 Å². The first-order valence-electron chi connectivity index (χ1n) is 5.76. The van der Waals surface area contributed by atoms with Gasteiger partial charge in [0, 0.05) is 19.0 Å². The van der Waals surface area contributed by atoms with E-state index in [4.69, 9.17) is 4.74 Å². The molecule has 1 aromatic heterocycles. The van der Waals surface area contributed by atoms with E-state index >= 15 is 0 Å². The molecule has 2 N–H and O–H groups in total. The summed E-state index contributed by atoms with van der Waals surface area (Å²) in [5, 5.41) is 3.36. The minimum Gasteiger partial charge on any atom is -0.378 e. The molecular weight excluding hydrogens is 190 g/mol. The van der Waals surface area contributed by atoms with E-state index in [0.29, 0.717) is 6.10 Å². The lowest BCUT2D eigenvalue weighted by Crippen LogP contribution is -2.25. The average molecular weight is 209 g/mol. The summed E-state index contributed by atoms with van der Waals surface area (Å²) in [6.07, 6.45) is 8.99. The number of aromatic amines is 1. The fraction of sp³-hybridized carbons (Fsp3) is 0.727. The van der Waals surface area contributed by atoms with Crippen LogP contribution in [0, 0.1) is 0 Å². The molecule has 0 amide bonds. The van der Waals surface area contributed by atoms with Gasteiger partial charge < -0.3 is 15.0 Å². The Morgan fingerprint density at radius 1 is 1.53 bits per heavy atom. The number of ether oxygens (including phenoxy) is 1. The van der Waals surface area contributed by atoms with Crippen molar-refractivity contribution < 1.29 is 4.74 Å². The van der Waals surface area contributed by atoms with Gasteiger partial charge in [0.25, 0.3) is 0 Å². The molecule has 1 saturated heterocycles. The minimum atomic E-state index is 0.475. The van der Waals surface area contributed by atoms with Crippen LogP contribution in [0.1, 0.15) is 31.5 Å². The van der Waals surface area contributed by atoms with E-state index in [1.807, 2.05) is 6.20 Å². The zero-order valence-electron chi connectivity index (χ0n) is 9.04. The highest BCUT2D eigenvalue weighted by Crippen LogP contribution is 2.14. The summed E-state index contributed by atoms with van der Waals surface area (Å²) in [6.45, 7) is 2.77. The van der Waals surface area contributed by atoms with Crippen LogP contribution < -0.4 is 5.32 Å². The molecule has 1 aromatic rings. The molecule has 1 atom stereocenters. The Kier molecular flexibility index (Phi) is 4.17. The van der Waals surface area contributed by atoms with Crippen molar-refractivity contribution in [2.45, 2.75) is 38.3 Å². The van der Waals surface area contributed by atoms with Crippen LogP contribution in [0.15, 0.2) is 12.4 Å². The summed E-state index contributed by atoms with van der Waals surface area (Å²) < 4.78 is 5.65. The smallest absolute Gasteiger partial charge is 0.120 e. The summed E-state index contributed by atoms with van der Waals surface area (Å²) in [5.74, 6) is 1.000. The van der Waals surface area contributed by atoms with Crippen LogP contribution in [-0.2, 0) is 11.3 Å². The van der Waals surface area contributed by atoms with Gasteiger partial charge in [-0.1, -0.05) is 0 Å². The van der Waals surface area contributed by atoms with Gasteiger partial charge in [0.1, 0.15) is 5.82 Å². The summed E-state index contributed by atoms with van der Waals surface area (Å²) in [6, 6.07) is 0. The number of imidazole rings is 1. The van der Waals surface area contributed by atoms with Gasteiger partial charge >= 0.3 is 0 Å². The highest BCUT2D eigenvalue weighted by atomic mass is 16.5. The van der Waals surface area contributed by atoms with Gasteiger partial charge in [-0.05, 0) is 32.2 Å². The molecule has 84 valence electrons. The Bertz CT molecular complexity index is 255. The van der Waals surface area contributed by atoms with Gasteiger partial charge in [-0.25, -0.2) is 4.98 Å². The topological polar surface area (TPSA) is 49.9 Å². The maximum Gasteiger partial charge on any atom is 0.120 e. The van der Waals surface area contributed by atoms with Crippen molar-refractivity contribution in [3.63, 3.8) is 0 Å². The molecule has 0 saturated carbocycles. The van der Waals surface area contributed by atoms with Crippen LogP contribution in [0.5, 0.6) is 0 Å². The van der Waals surface area contributed by atoms with E-state index < -0.39 is 0 Å². The monoisotopic (exact) mass is 209 g/mol. The van der Waals surface area contributed by atoms with Gasteiger partial charge in [0.15, 0.2) is 0 Å². The molecule has 0 spiro atoms. The van der Waals surface area contributed by atoms with Crippen LogP contribution in [0.3, 0.4) is 0 Å². The predicted molar refractivity (Wildman–Crippen MR) is 58.5 cm³/mol. The van der Waals surface area contributed by atoms with Gasteiger partial charge in [0.05, 0.1) is 12.6 Å². The molecular formula is C11H19N3O. The zero-order valence-corrected chi connectivity index (χ0v) is 9.04. The SMILES string of the molecule is c1c[nH]c(CNCCC2CCCCO2)n1. The molecule has 1 aliphatic heterocycles. The molecule has 1 unspecified atom stereocenters. The molecule has 0 radical (unpaired) electrons. The van der Waals surface area contributed by atoms with Gasteiger partial charge in [0.2, 0.25) is 0 Å². The summed E-state index contributed by atoms with van der Waals surface area (Å²) in [5.41, 5.74) is 0. The molecule has 4 nitrogen and oxygen atoms in total. The van der Waals surface area contributed by atoms with Crippen molar-refractivity contribution in [3.8, 4) is 0 Å². The van der Waals surface area contributed by atoms with Crippen LogP contribution in [0.2, 0.25) is 0 Å². The van der Waals surface area contributed by atoms with Gasteiger partial charge in [-0.3, -0.25) is 0 Å². The number of nitrogens with one attached hydrogen (secondary N) is 2. The third kappa shape index (κ3) is 3.64. The van der Waals surface area contributed by atoms with E-state index in [2.05, 4.69) is 15.3 Å². The largest absolute Gasteiger partial charge is 0.378 e. The number of H-pyrrole nitrogens is 1. The molecule has 2 rings (SSSR count). The Hall–Kier alpha value is -0.870. The van der Waals surface area contributed by atoms with Crippen molar-refractivity contribution in [2.24, 2.45) is 0 Å². The van der Waals surface area contributed by atoms with E-state index in [-0.39, 0.29) is 0 Å². The van der Waals surface area contributed by atoms with E-state index in [9.17, 15) is 0 Å². The van der Waals surface area contributed by atoms with Crippen LogP contribution >= 0.6 is 0 Å². The Morgan fingerprint density at radius 2 is 2.53 bits per heavy atom. The molecule has 0 aromatic carbocycles. The molecule has 2 heterocycles. The molecule has 1 fully saturated rings. The number of nitrogens with zero attached hydrogens (tertiary/aromatic N) is 1. The van der Waals surface area contributed by atoms with Crippen molar-refractivity contribution in [1.29, 1.82) is 0 Å². The Labute approximate surface area is 90.4 Å². The number of hydrogen-bond acceptors (Lipinski definition) is 3. The molecule has 4 heteroatoms. The first kappa shape index (κ1) is 10.6. The normalized spacial score (nSPS) is 21.7. The van der Waals surface area contributed by atoms with Crippen molar-refractivity contribution in [2.75, 3.05) is 13.2 Å². The summed E-state index contributed by atoms with van der Waals surface area (Å²) >= 11 is 0. The van der Waals surface area contributed by atoms with Crippen molar-refractivity contribution in [3.05, 3.63) is 18.2 Å². The third-order valence-electron chi connectivity index (χ3n) is 2.76. The Morgan fingerprint density at radius 3 is 3.27 bits per heavy atom. The first-order valence-corrected chi connectivity index (χ1v) is 5.76. The number of rotatable bonds is 5. The van der Waals surface area contributed by atoms with Crippen molar-refractivity contribution in [1.82, 2.24) is 15.3 Å². The zero-order chi connectivity index (χ0) is 10.3. The lowest BCUT2D eigenvalue weighted by atomic mass is 10.1. The van der Waals surface area contributed by atoms with E-state index in [0.717, 1.165) is 31.9 Å². The second kappa shape index (κ2) is 5.88. The van der Waals surface area contributed by atoms with Crippen LogP contribution in [0.4, 0.5) is 0 Å². The number of aromatic nitrogens is 2. The second-order valence-corrected chi connectivity index (χ2v) is 3.99. The molecule has 0 aliphatic carbocycles. The third-order valence-corrected chi connectivity index (χ3v) is 2.76. The molecule has 1 aliphatic rings. The maximum atomic E-state index is 5.65. The Balaban J connectivity index is 1.54. The highest BCUT2D eigenvalue weighted by Gasteiger charge is 2.12. The minimum absolute atomic E-state index is 0.475. The highest BCUT2D eigenvalue weighted by molar-refractivity contribution is 4.85. The number of hydrogen-bond donors (Lipinski definition) is 2. The maximum absolute atomic E-state index is 5.65. The van der Waals surface area contributed by atoms with Gasteiger partial charge in [-0.15, -0.1) is 0 Å². The molecule has 0 bridgehead atoms. The quantitative estimate of drug-likeness (QED) is 0.722. The van der Waals surface area contributed by atoms with E-state index in [1.54, 1.807) is 6.20 Å². The summed E-state index contributed by atoms with van der Waals surface area (Å²) in [7, 11) is 0. The average Bonchev–Trinajstić information content (AvgIpc) is 2.79. The predicted octanol–water partition coefficient (Wildman–Crippen LogP) is 1.46.